The summed E-state index contributed by atoms with van der Waals surface area (Å²) in [6, 6.07) is 13.0. The predicted molar refractivity (Wildman–Crippen MR) is 117 cm³/mol. The summed E-state index contributed by atoms with van der Waals surface area (Å²) in [6.07, 6.45) is 1.96. The Morgan fingerprint density at radius 2 is 1.84 bits per heavy atom. The number of hydrogen-bond donors (Lipinski definition) is 1. The lowest BCUT2D eigenvalue weighted by Gasteiger charge is -2.40. The Hall–Kier alpha value is -3.39. The third kappa shape index (κ3) is 2.97. The van der Waals surface area contributed by atoms with E-state index in [9.17, 15) is 14.7 Å². The lowest BCUT2D eigenvalue weighted by Crippen LogP contribution is -2.63. The van der Waals surface area contributed by atoms with Crippen LogP contribution in [0.4, 0.5) is 4.79 Å². The molecule has 0 radical (unpaired) electrons. The molecule has 0 bridgehead atoms. The number of carbonyl (C=O) groups is 2. The number of hydrogen-bond acceptors (Lipinski definition) is 6. The fraction of sp³-hybridized carbons (Fsp3) is 0.348. The highest BCUT2D eigenvalue weighted by molar-refractivity contribution is 6.05. The maximum Gasteiger partial charge on any atom is 0.328 e. The van der Waals surface area contributed by atoms with Gasteiger partial charge in [-0.05, 0) is 29.7 Å². The van der Waals surface area contributed by atoms with Crippen molar-refractivity contribution in [2.45, 2.75) is 32.1 Å². The molecular weight excluding hydrogens is 394 g/mol. The molecule has 8 heteroatoms. The quantitative estimate of drug-likeness (QED) is 0.804. The second kappa shape index (κ2) is 7.39. The highest BCUT2D eigenvalue weighted by Crippen LogP contribution is 2.34. The molecule has 1 fully saturated rings. The van der Waals surface area contributed by atoms with Crippen LogP contribution in [-0.2, 0) is 11.3 Å². The second-order valence-electron chi connectivity index (χ2n) is 8.15. The van der Waals surface area contributed by atoms with Gasteiger partial charge in [-0.1, -0.05) is 42.5 Å². The molecule has 31 heavy (non-hydrogen) atoms. The van der Waals surface area contributed by atoms with E-state index < -0.39 is 12.2 Å². The average molecular weight is 419 g/mol. The van der Waals surface area contributed by atoms with Crippen molar-refractivity contribution >= 4 is 28.7 Å². The fourth-order valence-corrected chi connectivity index (χ4v) is 4.65. The van der Waals surface area contributed by atoms with Crippen LogP contribution in [-0.4, -0.2) is 75.0 Å². The van der Waals surface area contributed by atoms with E-state index >= 15 is 0 Å². The molecule has 3 heterocycles. The molecule has 8 nitrogen and oxygen atoms in total. The van der Waals surface area contributed by atoms with Crippen molar-refractivity contribution in [3.63, 3.8) is 0 Å². The summed E-state index contributed by atoms with van der Waals surface area (Å²) in [5.41, 5.74) is 1.90. The van der Waals surface area contributed by atoms with Crippen LogP contribution in [0.1, 0.15) is 18.9 Å². The van der Waals surface area contributed by atoms with Crippen molar-refractivity contribution in [3.05, 3.63) is 59.9 Å². The molecule has 3 amide bonds. The Morgan fingerprint density at radius 1 is 1.06 bits per heavy atom. The van der Waals surface area contributed by atoms with Gasteiger partial charge in [0.05, 0.1) is 6.54 Å². The van der Waals surface area contributed by atoms with Crippen LogP contribution in [0.5, 0.6) is 0 Å². The highest BCUT2D eigenvalue weighted by Gasteiger charge is 2.54. The van der Waals surface area contributed by atoms with Gasteiger partial charge in [0.25, 0.3) is 5.91 Å². The molecule has 2 aromatic carbocycles. The number of imide groups is 1. The minimum Gasteiger partial charge on any atom is -0.396 e. The molecule has 2 aromatic rings. The number of nitrogens with zero attached hydrogens (tertiary/aromatic N) is 5. The lowest BCUT2D eigenvalue weighted by molar-refractivity contribution is -0.137. The lowest BCUT2D eigenvalue weighted by atomic mass is 10.0. The third-order valence-electron chi connectivity index (χ3n) is 6.25. The van der Waals surface area contributed by atoms with Crippen LogP contribution >= 0.6 is 0 Å². The topological polar surface area (TPSA) is 79.7 Å². The van der Waals surface area contributed by atoms with Gasteiger partial charge in [-0.25, -0.2) is 9.79 Å². The second-order valence-corrected chi connectivity index (χ2v) is 8.15. The molecule has 1 saturated heterocycles. The number of aliphatic hydroxyl groups excluding tert-OH is 1. The van der Waals surface area contributed by atoms with Crippen molar-refractivity contribution in [1.29, 1.82) is 0 Å². The number of amides is 3. The minimum absolute atomic E-state index is 0.0834. The molecule has 5 rings (SSSR count). The number of carbonyl (C=O) groups excluding carboxylic acids is 2. The Morgan fingerprint density at radius 3 is 2.65 bits per heavy atom. The summed E-state index contributed by atoms with van der Waals surface area (Å²) in [5.74, 6) is 0.425. The SMILES string of the molecule is CC1=CN2C(=NC3C2C(=O)N(Cc2cccc4ccccc24)C(=O)N3C)N1CCCO. The molecule has 160 valence electrons. The van der Waals surface area contributed by atoms with Crippen LogP contribution in [0.3, 0.4) is 0 Å². The largest absolute Gasteiger partial charge is 0.396 e. The summed E-state index contributed by atoms with van der Waals surface area (Å²) >= 11 is 0. The van der Waals surface area contributed by atoms with Gasteiger partial charge in [0.2, 0.25) is 5.96 Å². The minimum atomic E-state index is -0.582. The van der Waals surface area contributed by atoms with E-state index in [1.54, 1.807) is 11.9 Å². The Bertz CT molecular complexity index is 1120. The number of aliphatic imine (C=N–C) groups is 1. The first-order valence-electron chi connectivity index (χ1n) is 10.5. The van der Waals surface area contributed by atoms with E-state index in [1.165, 1.54) is 4.90 Å². The van der Waals surface area contributed by atoms with Gasteiger partial charge in [0, 0.05) is 32.1 Å². The monoisotopic (exact) mass is 419 g/mol. The Balaban J connectivity index is 1.46. The molecular formula is C23H25N5O3. The Kier molecular flexibility index (Phi) is 4.66. The van der Waals surface area contributed by atoms with Crippen LogP contribution in [0.25, 0.3) is 10.8 Å². The normalized spacial score (nSPS) is 22.8. The summed E-state index contributed by atoms with van der Waals surface area (Å²) in [7, 11) is 1.70. The van der Waals surface area contributed by atoms with Gasteiger partial charge >= 0.3 is 6.03 Å². The first-order chi connectivity index (χ1) is 15.0. The van der Waals surface area contributed by atoms with Crippen LogP contribution in [0.2, 0.25) is 0 Å². The number of allylic oxidation sites excluding steroid dienone is 1. The van der Waals surface area contributed by atoms with Crippen molar-refractivity contribution < 1.29 is 14.7 Å². The van der Waals surface area contributed by atoms with Crippen molar-refractivity contribution in [1.82, 2.24) is 19.6 Å². The zero-order valence-electron chi connectivity index (χ0n) is 17.6. The molecule has 2 atom stereocenters. The van der Waals surface area contributed by atoms with Crippen molar-refractivity contribution in [2.24, 2.45) is 4.99 Å². The molecule has 0 aromatic heterocycles. The summed E-state index contributed by atoms with van der Waals surface area (Å²) in [5, 5.41) is 11.3. The van der Waals surface area contributed by atoms with Crippen molar-refractivity contribution in [2.75, 3.05) is 20.2 Å². The highest BCUT2D eigenvalue weighted by atomic mass is 16.3. The molecule has 1 N–H and O–H groups in total. The number of guanidine groups is 1. The van der Waals surface area contributed by atoms with Gasteiger partial charge in [-0.15, -0.1) is 0 Å². The molecule has 0 spiro atoms. The maximum absolute atomic E-state index is 13.5. The third-order valence-corrected chi connectivity index (χ3v) is 6.25. The number of likely N-dealkylation sites (N-methyl/N-ethyl adjacent to an activating group) is 1. The van der Waals surface area contributed by atoms with Gasteiger partial charge in [0.15, 0.2) is 12.2 Å². The fourth-order valence-electron chi connectivity index (χ4n) is 4.65. The molecule has 3 aliphatic rings. The molecule has 3 aliphatic heterocycles. The number of fused-ring (bicyclic) bond motifs is 4. The van der Waals surface area contributed by atoms with E-state index in [0.717, 1.165) is 22.0 Å². The standard InChI is InChI=1S/C23H25N5O3/c1-15-13-27-19-20(24-22(27)26(15)11-6-12-29)25(2)23(31)28(21(19)30)14-17-9-5-8-16-7-3-4-10-18(16)17/h3-5,7-10,13,19-20,29H,6,11-12,14H2,1-2H3. The van der Waals surface area contributed by atoms with Gasteiger partial charge < -0.3 is 19.8 Å². The number of benzene rings is 2. The average Bonchev–Trinajstić information content (AvgIpc) is 3.28. The van der Waals surface area contributed by atoms with Crippen LogP contribution < -0.4 is 0 Å². The van der Waals surface area contributed by atoms with E-state index in [4.69, 9.17) is 4.99 Å². The number of urea groups is 1. The first kappa shape index (κ1) is 19.6. The van der Waals surface area contributed by atoms with Gasteiger partial charge in [0.1, 0.15) is 0 Å². The summed E-state index contributed by atoms with van der Waals surface area (Å²) < 4.78 is 0. The van der Waals surface area contributed by atoms with Gasteiger partial charge in [-0.2, -0.15) is 0 Å². The zero-order chi connectivity index (χ0) is 21.7. The van der Waals surface area contributed by atoms with Gasteiger partial charge in [-0.3, -0.25) is 9.69 Å². The van der Waals surface area contributed by atoms with E-state index in [1.807, 2.05) is 65.4 Å². The summed E-state index contributed by atoms with van der Waals surface area (Å²) in [6.45, 7) is 2.87. The predicted octanol–water partition coefficient (Wildman–Crippen LogP) is 2.16. The van der Waals surface area contributed by atoms with Crippen LogP contribution in [0, 0.1) is 0 Å². The number of aliphatic hydroxyl groups is 1. The summed E-state index contributed by atoms with van der Waals surface area (Å²) in [4.78, 5) is 38.2. The maximum atomic E-state index is 13.5. The Labute approximate surface area is 180 Å². The van der Waals surface area contributed by atoms with Crippen LogP contribution in [0.15, 0.2) is 59.4 Å². The first-order valence-corrected chi connectivity index (χ1v) is 10.5. The smallest absolute Gasteiger partial charge is 0.328 e. The number of rotatable bonds is 5. The molecule has 0 aliphatic carbocycles. The molecule has 2 unspecified atom stereocenters. The zero-order valence-corrected chi connectivity index (χ0v) is 17.6. The van der Waals surface area contributed by atoms with E-state index in [2.05, 4.69) is 0 Å². The molecule has 0 saturated carbocycles. The van der Waals surface area contributed by atoms with Crippen molar-refractivity contribution in [3.8, 4) is 0 Å². The van der Waals surface area contributed by atoms with E-state index in [0.29, 0.717) is 18.9 Å². The van der Waals surface area contributed by atoms with E-state index in [-0.39, 0.29) is 25.1 Å².